The maximum Gasteiger partial charge on any atom is 0.248 e. The van der Waals surface area contributed by atoms with Gasteiger partial charge in [0.2, 0.25) is 5.91 Å². The highest BCUT2D eigenvalue weighted by Crippen LogP contribution is 2.35. The van der Waals surface area contributed by atoms with Gasteiger partial charge in [-0.3, -0.25) is 4.79 Å². The van der Waals surface area contributed by atoms with Gasteiger partial charge in [0.1, 0.15) is 6.61 Å². The number of rotatable bonds is 8. The number of benzene rings is 1. The summed E-state index contributed by atoms with van der Waals surface area (Å²) >= 11 is 0. The first-order valence-electron chi connectivity index (χ1n) is 10.3. The molecule has 1 unspecified atom stereocenters. The highest BCUT2D eigenvalue weighted by Gasteiger charge is 2.31. The SMILES string of the molecule is CC(C)[C@@H]1CC[C@@H](C)CC1OCC(=O)N(C)Cc1cccc(CN(C)C)c1. The summed E-state index contributed by atoms with van der Waals surface area (Å²) in [6, 6.07) is 8.47. The predicted octanol–water partition coefficient (Wildman–Crippen LogP) is 4.18. The largest absolute Gasteiger partial charge is 0.368 e. The summed E-state index contributed by atoms with van der Waals surface area (Å²) in [5.74, 6) is 1.93. The Bertz CT molecular complexity index is 600. The number of carbonyl (C=O) groups is 1. The molecule has 1 aromatic rings. The topological polar surface area (TPSA) is 32.8 Å². The van der Waals surface area contributed by atoms with Crippen molar-refractivity contribution in [3.05, 3.63) is 35.4 Å². The van der Waals surface area contributed by atoms with Crippen molar-refractivity contribution in [2.24, 2.45) is 17.8 Å². The second-order valence-electron chi connectivity index (χ2n) is 8.98. The Balaban J connectivity index is 1.88. The molecule has 0 aliphatic heterocycles. The van der Waals surface area contributed by atoms with Gasteiger partial charge in [-0.25, -0.2) is 0 Å². The Morgan fingerprint density at radius 3 is 2.44 bits per heavy atom. The van der Waals surface area contributed by atoms with E-state index < -0.39 is 0 Å². The Labute approximate surface area is 165 Å². The van der Waals surface area contributed by atoms with Crippen LogP contribution in [0, 0.1) is 17.8 Å². The fraction of sp³-hybridized carbons (Fsp3) is 0.696. The van der Waals surface area contributed by atoms with Gasteiger partial charge in [0.25, 0.3) is 0 Å². The fourth-order valence-electron chi connectivity index (χ4n) is 4.15. The minimum Gasteiger partial charge on any atom is -0.368 e. The summed E-state index contributed by atoms with van der Waals surface area (Å²) in [6.45, 7) is 8.55. The van der Waals surface area contributed by atoms with E-state index in [1.54, 1.807) is 4.90 Å². The molecule has 0 aromatic heterocycles. The van der Waals surface area contributed by atoms with E-state index in [1.807, 2.05) is 7.05 Å². The number of hydrogen-bond donors (Lipinski definition) is 0. The summed E-state index contributed by atoms with van der Waals surface area (Å²) in [5.41, 5.74) is 2.43. The molecule has 4 nitrogen and oxygen atoms in total. The second kappa shape index (κ2) is 10.2. The zero-order valence-corrected chi connectivity index (χ0v) is 18.1. The van der Waals surface area contributed by atoms with Gasteiger partial charge >= 0.3 is 0 Å². The summed E-state index contributed by atoms with van der Waals surface area (Å²) in [4.78, 5) is 16.5. The van der Waals surface area contributed by atoms with E-state index in [0.29, 0.717) is 24.3 Å². The van der Waals surface area contributed by atoms with E-state index in [2.05, 4.69) is 64.0 Å². The van der Waals surface area contributed by atoms with Crippen molar-refractivity contribution in [3.63, 3.8) is 0 Å². The monoisotopic (exact) mass is 374 g/mol. The van der Waals surface area contributed by atoms with Crippen LogP contribution in [-0.4, -0.2) is 49.6 Å². The smallest absolute Gasteiger partial charge is 0.248 e. The molecule has 152 valence electrons. The average molecular weight is 375 g/mol. The van der Waals surface area contributed by atoms with Crippen LogP contribution in [0.15, 0.2) is 24.3 Å². The first-order chi connectivity index (χ1) is 12.8. The second-order valence-corrected chi connectivity index (χ2v) is 8.98. The van der Waals surface area contributed by atoms with Crippen LogP contribution in [0.3, 0.4) is 0 Å². The standard InChI is InChI=1S/C23H38N2O2/c1-17(2)21-11-10-18(3)12-22(21)27-16-23(26)25(6)15-20-9-7-8-19(13-20)14-24(4)5/h7-9,13,17-18,21-22H,10-12,14-16H2,1-6H3/t18-,21+,22?/m1/s1. The molecule has 3 atom stereocenters. The van der Waals surface area contributed by atoms with Gasteiger partial charge < -0.3 is 14.5 Å². The Morgan fingerprint density at radius 2 is 1.81 bits per heavy atom. The first kappa shape index (κ1) is 21.9. The van der Waals surface area contributed by atoms with Gasteiger partial charge in [0.05, 0.1) is 6.10 Å². The zero-order valence-electron chi connectivity index (χ0n) is 18.1. The molecule has 0 spiro atoms. The Morgan fingerprint density at radius 1 is 1.15 bits per heavy atom. The number of ether oxygens (including phenoxy) is 1. The third-order valence-electron chi connectivity index (χ3n) is 5.72. The molecule has 1 aliphatic rings. The van der Waals surface area contributed by atoms with Gasteiger partial charge in [-0.1, -0.05) is 51.5 Å². The molecule has 0 saturated heterocycles. The number of nitrogens with zero attached hydrogens (tertiary/aromatic N) is 2. The Hall–Kier alpha value is -1.39. The fourth-order valence-corrected chi connectivity index (χ4v) is 4.15. The maximum atomic E-state index is 12.6. The van der Waals surface area contributed by atoms with Crippen LogP contribution < -0.4 is 0 Å². The number of likely N-dealkylation sites (N-methyl/N-ethyl adjacent to an activating group) is 1. The van der Waals surface area contributed by atoms with Crippen LogP contribution >= 0.6 is 0 Å². The van der Waals surface area contributed by atoms with Gasteiger partial charge in [-0.05, 0) is 55.8 Å². The van der Waals surface area contributed by atoms with Crippen molar-refractivity contribution >= 4 is 5.91 Å². The van der Waals surface area contributed by atoms with Crippen molar-refractivity contribution in [2.45, 2.75) is 59.2 Å². The molecule has 0 radical (unpaired) electrons. The third-order valence-corrected chi connectivity index (χ3v) is 5.72. The number of hydrogen-bond acceptors (Lipinski definition) is 3. The molecule has 0 N–H and O–H groups in total. The van der Waals surface area contributed by atoms with E-state index in [4.69, 9.17) is 4.74 Å². The van der Waals surface area contributed by atoms with Gasteiger partial charge in [0.15, 0.2) is 0 Å². The molecule has 0 heterocycles. The average Bonchev–Trinajstić information content (AvgIpc) is 2.59. The lowest BCUT2D eigenvalue weighted by molar-refractivity contribution is -0.140. The molecular weight excluding hydrogens is 336 g/mol. The summed E-state index contributed by atoms with van der Waals surface area (Å²) in [6.07, 6.45) is 3.79. The van der Waals surface area contributed by atoms with Crippen molar-refractivity contribution in [1.29, 1.82) is 0 Å². The van der Waals surface area contributed by atoms with E-state index in [9.17, 15) is 4.79 Å². The summed E-state index contributed by atoms with van der Waals surface area (Å²) in [5, 5.41) is 0. The van der Waals surface area contributed by atoms with Crippen molar-refractivity contribution in [1.82, 2.24) is 9.80 Å². The highest BCUT2D eigenvalue weighted by atomic mass is 16.5. The molecule has 1 aromatic carbocycles. The summed E-state index contributed by atoms with van der Waals surface area (Å²) < 4.78 is 6.13. The molecule has 0 bridgehead atoms. The maximum absolute atomic E-state index is 12.6. The number of amides is 1. The highest BCUT2D eigenvalue weighted by molar-refractivity contribution is 5.77. The molecule has 1 amide bonds. The van der Waals surface area contributed by atoms with E-state index >= 15 is 0 Å². The van der Waals surface area contributed by atoms with Crippen LogP contribution in [0.25, 0.3) is 0 Å². The lowest BCUT2D eigenvalue weighted by Gasteiger charge is -2.37. The van der Waals surface area contributed by atoms with Crippen LogP contribution in [0.5, 0.6) is 0 Å². The quantitative estimate of drug-likeness (QED) is 0.684. The molecule has 4 heteroatoms. The molecule has 1 fully saturated rings. The van der Waals surface area contributed by atoms with Gasteiger partial charge in [0, 0.05) is 20.1 Å². The van der Waals surface area contributed by atoms with Crippen molar-refractivity contribution in [2.75, 3.05) is 27.7 Å². The minimum absolute atomic E-state index is 0.0637. The lowest BCUT2D eigenvalue weighted by atomic mass is 9.75. The number of carbonyl (C=O) groups excluding carboxylic acids is 1. The Kier molecular flexibility index (Phi) is 8.30. The van der Waals surface area contributed by atoms with Crippen LogP contribution in [0.4, 0.5) is 0 Å². The lowest BCUT2D eigenvalue weighted by Crippen LogP contribution is -2.38. The molecule has 1 saturated carbocycles. The normalized spacial score (nSPS) is 23.0. The van der Waals surface area contributed by atoms with Crippen LogP contribution in [0.2, 0.25) is 0 Å². The minimum atomic E-state index is 0.0637. The van der Waals surface area contributed by atoms with Crippen molar-refractivity contribution in [3.8, 4) is 0 Å². The van der Waals surface area contributed by atoms with Crippen LogP contribution in [-0.2, 0) is 22.6 Å². The molecule has 27 heavy (non-hydrogen) atoms. The molecular formula is C23H38N2O2. The third kappa shape index (κ3) is 6.93. The van der Waals surface area contributed by atoms with E-state index in [-0.39, 0.29) is 18.6 Å². The zero-order chi connectivity index (χ0) is 20.0. The van der Waals surface area contributed by atoms with Gasteiger partial charge in [-0.2, -0.15) is 0 Å². The van der Waals surface area contributed by atoms with E-state index in [0.717, 1.165) is 18.5 Å². The van der Waals surface area contributed by atoms with E-state index in [1.165, 1.54) is 18.4 Å². The van der Waals surface area contributed by atoms with Gasteiger partial charge in [-0.15, -0.1) is 0 Å². The molecule has 1 aliphatic carbocycles. The molecule has 2 rings (SSSR count). The predicted molar refractivity (Wildman–Crippen MR) is 111 cm³/mol. The van der Waals surface area contributed by atoms with Crippen molar-refractivity contribution < 1.29 is 9.53 Å². The van der Waals surface area contributed by atoms with Crippen LogP contribution in [0.1, 0.15) is 51.2 Å². The summed E-state index contributed by atoms with van der Waals surface area (Å²) in [7, 11) is 6.00. The first-order valence-corrected chi connectivity index (χ1v) is 10.3.